The van der Waals surface area contributed by atoms with Crippen LogP contribution in [0.1, 0.15) is 17.4 Å². The predicted molar refractivity (Wildman–Crippen MR) is 65.8 cm³/mol. The third kappa shape index (κ3) is 2.40. The predicted octanol–water partition coefficient (Wildman–Crippen LogP) is 3.83. The van der Waals surface area contributed by atoms with E-state index < -0.39 is 0 Å². The van der Waals surface area contributed by atoms with Gasteiger partial charge in [-0.3, -0.25) is 0 Å². The summed E-state index contributed by atoms with van der Waals surface area (Å²) in [5.41, 5.74) is 6.89. The smallest absolute Gasteiger partial charge is 0.105 e. The summed E-state index contributed by atoms with van der Waals surface area (Å²) in [4.78, 5) is 0. The summed E-state index contributed by atoms with van der Waals surface area (Å²) < 4.78 is 5.24. The molecule has 0 saturated carbocycles. The molecule has 1 atom stereocenters. The van der Waals surface area contributed by atoms with Crippen LogP contribution < -0.4 is 5.73 Å². The number of hydrogen-bond donors (Lipinski definition) is 1. The molecule has 0 spiro atoms. The fraction of sp³-hybridized carbons (Fsp3) is 0.167. The van der Waals surface area contributed by atoms with Gasteiger partial charge in [-0.2, -0.15) is 0 Å². The molecule has 16 heavy (non-hydrogen) atoms. The summed E-state index contributed by atoms with van der Waals surface area (Å²) in [6.45, 7) is 0. The van der Waals surface area contributed by atoms with E-state index in [4.69, 9.17) is 33.4 Å². The van der Waals surface area contributed by atoms with Crippen LogP contribution in [0.4, 0.5) is 0 Å². The maximum Gasteiger partial charge on any atom is 0.105 e. The molecule has 84 valence electrons. The fourth-order valence-corrected chi connectivity index (χ4v) is 2.01. The van der Waals surface area contributed by atoms with Crippen molar-refractivity contribution in [2.45, 2.75) is 12.5 Å². The van der Waals surface area contributed by atoms with E-state index >= 15 is 0 Å². The molecular formula is C12H11Cl2NO. The Morgan fingerprint density at radius 1 is 1.19 bits per heavy atom. The highest BCUT2D eigenvalue weighted by molar-refractivity contribution is 6.42. The second-order valence-electron chi connectivity index (χ2n) is 3.53. The lowest BCUT2D eigenvalue weighted by Crippen LogP contribution is -2.13. The fourth-order valence-electron chi connectivity index (χ4n) is 1.56. The van der Waals surface area contributed by atoms with Gasteiger partial charge in [0, 0.05) is 12.5 Å². The SMILES string of the molecule is NC(Cc1ccco1)c1cccc(Cl)c1Cl. The standard InChI is InChI=1S/C12H11Cl2NO/c13-10-5-1-4-9(12(10)14)11(15)7-8-3-2-6-16-8/h1-6,11H,7,15H2. The minimum atomic E-state index is -0.211. The van der Waals surface area contributed by atoms with E-state index in [0.717, 1.165) is 11.3 Å². The second-order valence-corrected chi connectivity index (χ2v) is 4.32. The second kappa shape index (κ2) is 4.91. The van der Waals surface area contributed by atoms with Crippen molar-refractivity contribution in [2.75, 3.05) is 0 Å². The van der Waals surface area contributed by atoms with Gasteiger partial charge in [0.2, 0.25) is 0 Å². The number of rotatable bonds is 3. The highest BCUT2D eigenvalue weighted by Crippen LogP contribution is 2.30. The van der Waals surface area contributed by atoms with Crippen LogP contribution in [0.15, 0.2) is 41.0 Å². The van der Waals surface area contributed by atoms with Crippen LogP contribution in [0, 0.1) is 0 Å². The molecule has 1 aromatic heterocycles. The average molecular weight is 256 g/mol. The third-order valence-electron chi connectivity index (χ3n) is 2.38. The molecule has 0 aliphatic carbocycles. The molecule has 0 aliphatic rings. The number of nitrogens with two attached hydrogens (primary N) is 1. The lowest BCUT2D eigenvalue weighted by atomic mass is 10.0. The van der Waals surface area contributed by atoms with Crippen LogP contribution in [-0.4, -0.2) is 0 Å². The number of benzene rings is 1. The number of furan rings is 1. The minimum Gasteiger partial charge on any atom is -0.469 e. The minimum absolute atomic E-state index is 0.211. The van der Waals surface area contributed by atoms with Gasteiger partial charge in [-0.25, -0.2) is 0 Å². The van der Waals surface area contributed by atoms with Gasteiger partial charge in [0.1, 0.15) is 5.76 Å². The van der Waals surface area contributed by atoms with Crippen molar-refractivity contribution in [2.24, 2.45) is 5.73 Å². The Morgan fingerprint density at radius 2 is 2.00 bits per heavy atom. The molecule has 0 saturated heterocycles. The Labute approximate surface area is 104 Å². The van der Waals surface area contributed by atoms with Gasteiger partial charge < -0.3 is 10.2 Å². The van der Waals surface area contributed by atoms with Crippen LogP contribution in [0.25, 0.3) is 0 Å². The Morgan fingerprint density at radius 3 is 2.69 bits per heavy atom. The molecule has 2 aromatic rings. The first-order chi connectivity index (χ1) is 7.68. The maximum atomic E-state index is 6.09. The van der Waals surface area contributed by atoms with Gasteiger partial charge in [0.25, 0.3) is 0 Å². The largest absolute Gasteiger partial charge is 0.469 e. The van der Waals surface area contributed by atoms with E-state index in [2.05, 4.69) is 0 Å². The molecule has 0 radical (unpaired) electrons. The maximum absolute atomic E-state index is 6.09. The van der Waals surface area contributed by atoms with E-state index in [1.165, 1.54) is 0 Å². The van der Waals surface area contributed by atoms with Gasteiger partial charge in [0.15, 0.2) is 0 Å². The van der Waals surface area contributed by atoms with Crippen LogP contribution in [0.2, 0.25) is 10.0 Å². The van der Waals surface area contributed by atoms with E-state index in [1.807, 2.05) is 24.3 Å². The molecule has 2 N–H and O–H groups in total. The van der Waals surface area contributed by atoms with Gasteiger partial charge in [0.05, 0.1) is 16.3 Å². The molecule has 2 nitrogen and oxygen atoms in total. The van der Waals surface area contributed by atoms with Gasteiger partial charge in [-0.15, -0.1) is 0 Å². The Kier molecular flexibility index (Phi) is 3.54. The van der Waals surface area contributed by atoms with E-state index in [9.17, 15) is 0 Å². The first-order valence-corrected chi connectivity index (χ1v) is 5.66. The lowest BCUT2D eigenvalue weighted by Gasteiger charge is -2.12. The van der Waals surface area contributed by atoms with Gasteiger partial charge in [-0.1, -0.05) is 35.3 Å². The van der Waals surface area contributed by atoms with Crippen LogP contribution >= 0.6 is 23.2 Å². The normalized spacial score (nSPS) is 12.7. The zero-order valence-corrected chi connectivity index (χ0v) is 10.0. The van der Waals surface area contributed by atoms with Crippen molar-refractivity contribution in [3.05, 3.63) is 58.0 Å². The van der Waals surface area contributed by atoms with Crippen LogP contribution in [0.3, 0.4) is 0 Å². The van der Waals surface area contributed by atoms with Crippen molar-refractivity contribution in [3.8, 4) is 0 Å². The molecule has 1 unspecified atom stereocenters. The molecule has 4 heteroatoms. The number of hydrogen-bond acceptors (Lipinski definition) is 2. The highest BCUT2D eigenvalue weighted by Gasteiger charge is 2.13. The molecule has 1 heterocycles. The quantitative estimate of drug-likeness (QED) is 0.906. The van der Waals surface area contributed by atoms with Gasteiger partial charge >= 0.3 is 0 Å². The first-order valence-electron chi connectivity index (χ1n) is 4.90. The van der Waals surface area contributed by atoms with E-state index in [0.29, 0.717) is 16.5 Å². The van der Waals surface area contributed by atoms with Crippen molar-refractivity contribution in [3.63, 3.8) is 0 Å². The molecule has 0 aliphatic heterocycles. The molecule has 0 amide bonds. The summed E-state index contributed by atoms with van der Waals surface area (Å²) >= 11 is 12.0. The van der Waals surface area contributed by atoms with E-state index in [1.54, 1.807) is 12.3 Å². The summed E-state index contributed by atoms with van der Waals surface area (Å²) in [5, 5.41) is 1.04. The Hall–Kier alpha value is -0.960. The van der Waals surface area contributed by atoms with E-state index in [-0.39, 0.29) is 6.04 Å². The monoisotopic (exact) mass is 255 g/mol. The zero-order chi connectivity index (χ0) is 11.5. The third-order valence-corrected chi connectivity index (χ3v) is 3.22. The van der Waals surface area contributed by atoms with Gasteiger partial charge in [-0.05, 0) is 23.8 Å². The van der Waals surface area contributed by atoms with Crippen molar-refractivity contribution < 1.29 is 4.42 Å². The Bertz CT molecular complexity index is 468. The zero-order valence-electron chi connectivity index (χ0n) is 8.49. The lowest BCUT2D eigenvalue weighted by molar-refractivity contribution is 0.488. The molecule has 1 aromatic carbocycles. The number of halogens is 2. The molecular weight excluding hydrogens is 245 g/mol. The average Bonchev–Trinajstić information content (AvgIpc) is 2.74. The molecule has 0 fully saturated rings. The Balaban J connectivity index is 2.21. The highest BCUT2D eigenvalue weighted by atomic mass is 35.5. The first kappa shape index (κ1) is 11.5. The summed E-state index contributed by atoms with van der Waals surface area (Å²) in [7, 11) is 0. The summed E-state index contributed by atoms with van der Waals surface area (Å²) in [6.07, 6.45) is 2.23. The van der Waals surface area contributed by atoms with Crippen LogP contribution in [-0.2, 0) is 6.42 Å². The summed E-state index contributed by atoms with van der Waals surface area (Å²) in [6, 6.07) is 8.97. The van der Waals surface area contributed by atoms with Crippen molar-refractivity contribution >= 4 is 23.2 Å². The summed E-state index contributed by atoms with van der Waals surface area (Å²) in [5.74, 6) is 0.837. The van der Waals surface area contributed by atoms with Crippen molar-refractivity contribution in [1.82, 2.24) is 0 Å². The molecule has 2 rings (SSSR count). The topological polar surface area (TPSA) is 39.2 Å². The van der Waals surface area contributed by atoms with Crippen molar-refractivity contribution in [1.29, 1.82) is 0 Å². The van der Waals surface area contributed by atoms with Crippen LogP contribution in [0.5, 0.6) is 0 Å². The molecule has 0 bridgehead atoms.